The van der Waals surface area contributed by atoms with E-state index in [9.17, 15) is 9.90 Å². The monoisotopic (exact) mass is 473 g/mol. The van der Waals surface area contributed by atoms with Crippen LogP contribution in [0.5, 0.6) is 0 Å². The molecule has 4 aromatic rings. The van der Waals surface area contributed by atoms with Gasteiger partial charge < -0.3 is 10.4 Å². The SMILES string of the molecule is CCNCC(O)Cn1cc(-c2ccc3c(c2)n(C)c(=O)n3C2CCCC2)c(-c2cccc(C)c2)n1. The molecule has 2 aromatic carbocycles. The molecule has 2 N–H and O–H groups in total. The van der Waals surface area contributed by atoms with Crippen LogP contribution in [0.3, 0.4) is 0 Å². The van der Waals surface area contributed by atoms with Gasteiger partial charge >= 0.3 is 5.69 Å². The minimum Gasteiger partial charge on any atom is -0.390 e. The van der Waals surface area contributed by atoms with Crippen LogP contribution in [0.1, 0.15) is 44.2 Å². The van der Waals surface area contributed by atoms with Gasteiger partial charge in [0.2, 0.25) is 0 Å². The van der Waals surface area contributed by atoms with Crippen LogP contribution in [0.25, 0.3) is 33.4 Å². The summed E-state index contributed by atoms with van der Waals surface area (Å²) >= 11 is 0. The van der Waals surface area contributed by atoms with E-state index in [1.165, 1.54) is 18.4 Å². The summed E-state index contributed by atoms with van der Waals surface area (Å²) < 4.78 is 5.60. The topological polar surface area (TPSA) is 77.0 Å². The highest BCUT2D eigenvalue weighted by atomic mass is 16.3. The Morgan fingerprint density at radius 3 is 2.66 bits per heavy atom. The summed E-state index contributed by atoms with van der Waals surface area (Å²) in [6.07, 6.45) is 5.99. The van der Waals surface area contributed by atoms with Crippen LogP contribution in [0.2, 0.25) is 0 Å². The maximum atomic E-state index is 13.1. The van der Waals surface area contributed by atoms with Crippen molar-refractivity contribution in [1.29, 1.82) is 0 Å². The highest BCUT2D eigenvalue weighted by molar-refractivity contribution is 5.87. The van der Waals surface area contributed by atoms with Gasteiger partial charge in [0.1, 0.15) is 5.69 Å². The van der Waals surface area contributed by atoms with Gasteiger partial charge in [0, 0.05) is 37.0 Å². The van der Waals surface area contributed by atoms with Gasteiger partial charge in [-0.15, -0.1) is 0 Å². The van der Waals surface area contributed by atoms with E-state index in [2.05, 4.69) is 48.6 Å². The third-order valence-electron chi connectivity index (χ3n) is 7.17. The largest absolute Gasteiger partial charge is 0.390 e. The number of fused-ring (bicyclic) bond motifs is 1. The van der Waals surface area contributed by atoms with Gasteiger partial charge in [-0.25, -0.2) is 4.79 Å². The van der Waals surface area contributed by atoms with Crippen molar-refractivity contribution in [2.75, 3.05) is 13.1 Å². The molecule has 35 heavy (non-hydrogen) atoms. The number of nitrogens with zero attached hydrogens (tertiary/aromatic N) is 4. The Labute approximate surface area is 206 Å². The number of rotatable bonds is 8. The summed E-state index contributed by atoms with van der Waals surface area (Å²) in [6.45, 7) is 5.85. The van der Waals surface area contributed by atoms with Crippen LogP contribution < -0.4 is 11.0 Å². The van der Waals surface area contributed by atoms with E-state index in [0.29, 0.717) is 19.1 Å². The van der Waals surface area contributed by atoms with Gasteiger partial charge in [0.05, 0.1) is 23.7 Å². The molecule has 1 fully saturated rings. The number of aliphatic hydroxyl groups is 1. The number of likely N-dealkylation sites (N-methyl/N-ethyl adjacent to an activating group) is 1. The maximum Gasteiger partial charge on any atom is 0.329 e. The number of benzene rings is 2. The molecule has 1 saturated carbocycles. The molecule has 1 unspecified atom stereocenters. The van der Waals surface area contributed by atoms with E-state index in [1.807, 2.05) is 35.5 Å². The number of aromatic nitrogens is 4. The second-order valence-electron chi connectivity index (χ2n) is 9.80. The molecular weight excluding hydrogens is 438 g/mol. The van der Waals surface area contributed by atoms with Gasteiger partial charge in [0.25, 0.3) is 0 Å². The molecule has 1 aliphatic carbocycles. The predicted molar refractivity (Wildman–Crippen MR) is 141 cm³/mol. The van der Waals surface area contributed by atoms with Gasteiger partial charge in [-0.1, -0.05) is 49.6 Å². The predicted octanol–water partition coefficient (Wildman–Crippen LogP) is 4.26. The highest BCUT2D eigenvalue weighted by Crippen LogP contribution is 2.35. The zero-order valence-electron chi connectivity index (χ0n) is 20.9. The fraction of sp³-hybridized carbons (Fsp3) is 0.429. The standard InChI is InChI=1S/C28H35N5O2/c1-4-29-16-23(34)17-32-18-24(27(30-32)21-9-7-8-19(2)14-21)20-12-13-25-26(15-20)31(3)28(35)33(25)22-10-5-6-11-22/h7-9,12-15,18,22-23,29,34H,4-6,10-11,16-17H2,1-3H3. The summed E-state index contributed by atoms with van der Waals surface area (Å²) in [5.74, 6) is 0. The van der Waals surface area contributed by atoms with Crippen molar-refractivity contribution < 1.29 is 5.11 Å². The van der Waals surface area contributed by atoms with Crippen LogP contribution in [-0.2, 0) is 13.6 Å². The average molecular weight is 474 g/mol. The number of hydrogen-bond acceptors (Lipinski definition) is 4. The molecule has 184 valence electrons. The molecule has 0 saturated heterocycles. The lowest BCUT2D eigenvalue weighted by Gasteiger charge is -2.11. The summed E-state index contributed by atoms with van der Waals surface area (Å²) in [4.78, 5) is 13.1. The first-order valence-corrected chi connectivity index (χ1v) is 12.7. The normalized spacial score (nSPS) is 15.3. The van der Waals surface area contributed by atoms with Crippen molar-refractivity contribution in [3.05, 3.63) is 64.7 Å². The zero-order chi connectivity index (χ0) is 24.5. The molecule has 0 bridgehead atoms. The minimum absolute atomic E-state index is 0.0604. The Hall–Kier alpha value is -3.16. The van der Waals surface area contributed by atoms with Crippen LogP contribution in [0.15, 0.2) is 53.5 Å². The van der Waals surface area contributed by atoms with Crippen molar-refractivity contribution in [2.45, 2.75) is 58.2 Å². The van der Waals surface area contributed by atoms with Crippen molar-refractivity contribution in [3.63, 3.8) is 0 Å². The van der Waals surface area contributed by atoms with Crippen LogP contribution in [-0.4, -0.2) is 43.2 Å². The van der Waals surface area contributed by atoms with Crippen molar-refractivity contribution in [1.82, 2.24) is 24.2 Å². The molecule has 2 aromatic heterocycles. The molecule has 0 amide bonds. The summed E-state index contributed by atoms with van der Waals surface area (Å²) in [5, 5.41) is 18.6. The van der Waals surface area contributed by atoms with Crippen LogP contribution >= 0.6 is 0 Å². The molecule has 0 spiro atoms. The van der Waals surface area contributed by atoms with Gasteiger partial charge in [-0.3, -0.25) is 13.8 Å². The van der Waals surface area contributed by atoms with E-state index < -0.39 is 6.10 Å². The van der Waals surface area contributed by atoms with Crippen molar-refractivity contribution >= 4 is 11.0 Å². The van der Waals surface area contributed by atoms with Crippen molar-refractivity contribution in [2.24, 2.45) is 7.05 Å². The quantitative estimate of drug-likeness (QED) is 0.401. The Morgan fingerprint density at radius 1 is 1.11 bits per heavy atom. The molecule has 0 radical (unpaired) electrons. The molecule has 0 aliphatic heterocycles. The molecule has 5 rings (SSSR count). The summed E-state index contributed by atoms with van der Waals surface area (Å²) in [6, 6.07) is 14.9. The fourth-order valence-electron chi connectivity index (χ4n) is 5.37. The third-order valence-corrected chi connectivity index (χ3v) is 7.17. The first-order chi connectivity index (χ1) is 17.0. The maximum absolute atomic E-state index is 13.1. The van der Waals surface area contributed by atoms with E-state index in [1.54, 1.807) is 4.57 Å². The Balaban J connectivity index is 1.60. The zero-order valence-corrected chi connectivity index (χ0v) is 20.9. The van der Waals surface area contributed by atoms with Crippen LogP contribution in [0, 0.1) is 6.92 Å². The van der Waals surface area contributed by atoms with E-state index in [0.717, 1.165) is 52.8 Å². The average Bonchev–Trinajstić information content (AvgIpc) is 3.57. The molecule has 7 nitrogen and oxygen atoms in total. The number of imidazole rings is 1. The molecule has 1 atom stereocenters. The second kappa shape index (κ2) is 9.84. The Morgan fingerprint density at radius 2 is 1.91 bits per heavy atom. The molecule has 1 aliphatic rings. The van der Waals surface area contributed by atoms with Gasteiger partial charge in [-0.05, 0) is 50.1 Å². The lowest BCUT2D eigenvalue weighted by molar-refractivity contribution is 0.148. The number of nitrogens with one attached hydrogen (secondary N) is 1. The van der Waals surface area contributed by atoms with E-state index in [-0.39, 0.29) is 5.69 Å². The molecular formula is C28H35N5O2. The van der Waals surface area contributed by atoms with Crippen molar-refractivity contribution in [3.8, 4) is 22.4 Å². The number of aliphatic hydroxyl groups excluding tert-OH is 1. The number of aryl methyl sites for hydroxylation is 2. The minimum atomic E-state index is -0.531. The lowest BCUT2D eigenvalue weighted by atomic mass is 10.00. The first kappa shape index (κ1) is 23.6. The lowest BCUT2D eigenvalue weighted by Crippen LogP contribution is -2.30. The first-order valence-electron chi connectivity index (χ1n) is 12.7. The van der Waals surface area contributed by atoms with Gasteiger partial charge in [-0.2, -0.15) is 5.10 Å². The molecule has 2 heterocycles. The smallest absolute Gasteiger partial charge is 0.329 e. The second-order valence-corrected chi connectivity index (χ2v) is 9.80. The summed E-state index contributed by atoms with van der Waals surface area (Å²) in [5.41, 5.74) is 7.09. The van der Waals surface area contributed by atoms with Crippen LogP contribution in [0.4, 0.5) is 0 Å². The Bertz CT molecular complexity index is 1390. The summed E-state index contributed by atoms with van der Waals surface area (Å²) in [7, 11) is 1.86. The van der Waals surface area contributed by atoms with E-state index >= 15 is 0 Å². The molecule has 7 heteroatoms. The van der Waals surface area contributed by atoms with Gasteiger partial charge in [0.15, 0.2) is 0 Å². The third kappa shape index (κ3) is 4.58. The number of hydrogen-bond donors (Lipinski definition) is 2. The van der Waals surface area contributed by atoms with E-state index in [4.69, 9.17) is 5.10 Å². The fourth-order valence-corrected chi connectivity index (χ4v) is 5.37. The Kier molecular flexibility index (Phi) is 6.62. The highest BCUT2D eigenvalue weighted by Gasteiger charge is 2.23.